The van der Waals surface area contributed by atoms with Crippen LogP contribution >= 0.6 is 0 Å². The second-order valence-electron chi connectivity index (χ2n) is 7.45. The van der Waals surface area contributed by atoms with Gasteiger partial charge >= 0.3 is 0 Å². The summed E-state index contributed by atoms with van der Waals surface area (Å²) in [7, 11) is 0. The summed E-state index contributed by atoms with van der Waals surface area (Å²) in [4.78, 5) is 5.02. The molecule has 110 valence electrons. The number of fused-ring (bicyclic) bond motifs is 5. The van der Waals surface area contributed by atoms with Gasteiger partial charge in [0, 0.05) is 11.0 Å². The second kappa shape index (κ2) is 4.20. The predicted molar refractivity (Wildman–Crippen MR) is 87.5 cm³/mol. The van der Waals surface area contributed by atoms with E-state index in [2.05, 4.69) is 32.9 Å². The standard InChI is InChI=1S/C20H20N2/c1-19(2)16-9-10-20(19,3)18-15(16)11-14(12-21)17(22-18)13-7-5-4-6-8-13/h4-8,11,16H,9-10H2,1-3H3/t16-,20+/m1/s1. The molecule has 0 spiro atoms. The van der Waals surface area contributed by atoms with Crippen LogP contribution in [0.3, 0.4) is 0 Å². The molecule has 4 rings (SSSR count). The lowest BCUT2D eigenvalue weighted by atomic mass is 9.70. The highest BCUT2D eigenvalue weighted by molar-refractivity contribution is 5.68. The molecule has 1 fully saturated rings. The number of nitriles is 1. The zero-order valence-corrected chi connectivity index (χ0v) is 13.4. The van der Waals surface area contributed by atoms with Crippen LogP contribution in [-0.2, 0) is 5.41 Å². The first-order chi connectivity index (χ1) is 10.5. The Morgan fingerprint density at radius 1 is 1.18 bits per heavy atom. The van der Waals surface area contributed by atoms with E-state index in [-0.39, 0.29) is 10.8 Å². The van der Waals surface area contributed by atoms with Gasteiger partial charge < -0.3 is 0 Å². The van der Waals surface area contributed by atoms with Crippen molar-refractivity contribution in [1.29, 1.82) is 5.26 Å². The molecule has 0 amide bonds. The van der Waals surface area contributed by atoms with Crippen molar-refractivity contribution in [3.05, 3.63) is 53.2 Å². The summed E-state index contributed by atoms with van der Waals surface area (Å²) in [6.45, 7) is 7.08. The van der Waals surface area contributed by atoms with Gasteiger partial charge in [-0.05, 0) is 35.8 Å². The molecule has 0 unspecified atom stereocenters. The Morgan fingerprint density at radius 3 is 2.59 bits per heavy atom. The number of hydrogen-bond donors (Lipinski definition) is 0. The molecule has 0 saturated heterocycles. The van der Waals surface area contributed by atoms with Gasteiger partial charge in [-0.3, -0.25) is 4.98 Å². The number of aromatic nitrogens is 1. The van der Waals surface area contributed by atoms with E-state index in [1.54, 1.807) is 0 Å². The highest BCUT2D eigenvalue weighted by Crippen LogP contribution is 2.67. The maximum atomic E-state index is 9.59. The van der Waals surface area contributed by atoms with Crippen molar-refractivity contribution < 1.29 is 0 Å². The van der Waals surface area contributed by atoms with E-state index >= 15 is 0 Å². The summed E-state index contributed by atoms with van der Waals surface area (Å²) in [5.74, 6) is 0.539. The molecule has 0 N–H and O–H groups in total. The van der Waals surface area contributed by atoms with Crippen LogP contribution in [0.15, 0.2) is 36.4 Å². The van der Waals surface area contributed by atoms with Crippen LogP contribution in [0.5, 0.6) is 0 Å². The van der Waals surface area contributed by atoms with E-state index in [0.717, 1.165) is 11.3 Å². The first kappa shape index (κ1) is 13.5. The van der Waals surface area contributed by atoms with Gasteiger partial charge in [-0.25, -0.2) is 0 Å². The molecule has 1 aromatic heterocycles. The lowest BCUT2D eigenvalue weighted by Crippen LogP contribution is -2.32. The van der Waals surface area contributed by atoms with Crippen LogP contribution < -0.4 is 0 Å². The fraction of sp³-hybridized carbons (Fsp3) is 0.400. The molecule has 2 bridgehead atoms. The summed E-state index contributed by atoms with van der Waals surface area (Å²) in [5.41, 5.74) is 5.48. The molecule has 2 heteroatoms. The Balaban J connectivity index is 1.99. The minimum atomic E-state index is 0.129. The van der Waals surface area contributed by atoms with E-state index in [1.165, 1.54) is 24.1 Å². The van der Waals surface area contributed by atoms with Crippen LogP contribution in [0, 0.1) is 16.7 Å². The van der Waals surface area contributed by atoms with Crippen LogP contribution in [0.4, 0.5) is 0 Å². The molecule has 1 saturated carbocycles. The smallest absolute Gasteiger partial charge is 0.101 e. The van der Waals surface area contributed by atoms with Gasteiger partial charge in [0.15, 0.2) is 0 Å². The topological polar surface area (TPSA) is 36.7 Å². The van der Waals surface area contributed by atoms with E-state index in [0.29, 0.717) is 11.5 Å². The zero-order chi connectivity index (χ0) is 15.5. The molecule has 0 aliphatic heterocycles. The van der Waals surface area contributed by atoms with E-state index in [1.807, 2.05) is 30.3 Å². The van der Waals surface area contributed by atoms with Gasteiger partial charge in [-0.2, -0.15) is 5.26 Å². The third-order valence-corrected chi connectivity index (χ3v) is 6.34. The fourth-order valence-electron chi connectivity index (χ4n) is 4.61. The summed E-state index contributed by atoms with van der Waals surface area (Å²) >= 11 is 0. The number of hydrogen-bond acceptors (Lipinski definition) is 2. The molecule has 2 aromatic rings. The van der Waals surface area contributed by atoms with Gasteiger partial charge in [0.1, 0.15) is 6.07 Å². The number of pyridine rings is 1. The summed E-state index contributed by atoms with van der Waals surface area (Å²) in [6, 6.07) is 14.6. The highest BCUT2D eigenvalue weighted by atomic mass is 14.8. The molecular formula is C20H20N2. The van der Waals surface area contributed by atoms with Gasteiger partial charge in [-0.15, -0.1) is 0 Å². The predicted octanol–water partition coefficient (Wildman–Crippen LogP) is 4.80. The molecule has 22 heavy (non-hydrogen) atoms. The van der Waals surface area contributed by atoms with Crippen molar-refractivity contribution in [3.8, 4) is 17.3 Å². The van der Waals surface area contributed by atoms with Crippen molar-refractivity contribution >= 4 is 0 Å². The summed E-state index contributed by atoms with van der Waals surface area (Å²) < 4.78 is 0. The highest BCUT2D eigenvalue weighted by Gasteiger charge is 2.60. The molecule has 2 aliphatic carbocycles. The monoisotopic (exact) mass is 288 g/mol. The van der Waals surface area contributed by atoms with Crippen molar-refractivity contribution in [3.63, 3.8) is 0 Å². The largest absolute Gasteiger partial charge is 0.251 e. The molecular weight excluding hydrogens is 268 g/mol. The number of rotatable bonds is 1. The minimum absolute atomic E-state index is 0.129. The first-order valence-corrected chi connectivity index (χ1v) is 8.00. The van der Waals surface area contributed by atoms with Crippen LogP contribution in [0.25, 0.3) is 11.3 Å². The first-order valence-electron chi connectivity index (χ1n) is 8.00. The SMILES string of the molecule is CC1(C)[C@@H]2CC[C@@]1(C)c1nc(-c3ccccc3)c(C#N)cc12. The molecule has 2 nitrogen and oxygen atoms in total. The van der Waals surface area contributed by atoms with E-state index in [4.69, 9.17) is 4.98 Å². The Morgan fingerprint density at radius 2 is 1.91 bits per heavy atom. The summed E-state index contributed by atoms with van der Waals surface area (Å²) in [5, 5.41) is 9.59. The van der Waals surface area contributed by atoms with Gasteiger partial charge in [0.05, 0.1) is 17.0 Å². The maximum Gasteiger partial charge on any atom is 0.101 e. The maximum absolute atomic E-state index is 9.59. The van der Waals surface area contributed by atoms with Crippen LogP contribution in [-0.4, -0.2) is 4.98 Å². The van der Waals surface area contributed by atoms with Crippen molar-refractivity contribution in [1.82, 2.24) is 4.98 Å². The normalized spacial score (nSPS) is 27.5. The summed E-state index contributed by atoms with van der Waals surface area (Å²) in [6.07, 6.45) is 2.42. The molecule has 2 aliphatic rings. The quantitative estimate of drug-likeness (QED) is 0.756. The Kier molecular flexibility index (Phi) is 2.58. The lowest BCUT2D eigenvalue weighted by molar-refractivity contribution is 0.227. The van der Waals surface area contributed by atoms with Gasteiger partial charge in [0.25, 0.3) is 0 Å². The fourth-order valence-corrected chi connectivity index (χ4v) is 4.61. The van der Waals surface area contributed by atoms with Crippen LogP contribution in [0.2, 0.25) is 0 Å². The molecule has 1 heterocycles. The third kappa shape index (κ3) is 1.47. The van der Waals surface area contributed by atoms with Gasteiger partial charge in [-0.1, -0.05) is 51.1 Å². The van der Waals surface area contributed by atoms with Crippen LogP contribution in [0.1, 0.15) is 56.4 Å². The minimum Gasteiger partial charge on any atom is -0.251 e. The average Bonchev–Trinajstić information content (AvgIpc) is 2.86. The molecule has 1 aromatic carbocycles. The number of benzene rings is 1. The lowest BCUT2D eigenvalue weighted by Gasteiger charge is -2.34. The molecule has 0 radical (unpaired) electrons. The Bertz CT molecular complexity index is 798. The van der Waals surface area contributed by atoms with Crippen molar-refractivity contribution in [2.75, 3.05) is 0 Å². The average molecular weight is 288 g/mol. The number of nitrogens with zero attached hydrogens (tertiary/aromatic N) is 2. The Hall–Kier alpha value is -2.14. The van der Waals surface area contributed by atoms with E-state index in [9.17, 15) is 5.26 Å². The van der Waals surface area contributed by atoms with E-state index < -0.39 is 0 Å². The zero-order valence-electron chi connectivity index (χ0n) is 13.4. The third-order valence-electron chi connectivity index (χ3n) is 6.34. The molecule has 2 atom stereocenters. The van der Waals surface area contributed by atoms with Crippen molar-refractivity contribution in [2.45, 2.75) is 44.9 Å². The second-order valence-corrected chi connectivity index (χ2v) is 7.45. The Labute approximate surface area is 131 Å². The van der Waals surface area contributed by atoms with Gasteiger partial charge in [0.2, 0.25) is 0 Å². The van der Waals surface area contributed by atoms with Crippen molar-refractivity contribution in [2.24, 2.45) is 5.41 Å².